The van der Waals surface area contributed by atoms with Crippen LogP contribution < -0.4 is 4.72 Å². The van der Waals surface area contributed by atoms with E-state index in [1.165, 1.54) is 25.1 Å². The van der Waals surface area contributed by atoms with Crippen LogP contribution in [0.25, 0.3) is 0 Å². The van der Waals surface area contributed by atoms with Gasteiger partial charge in [-0.15, -0.1) is 0 Å². The topological polar surface area (TPSA) is 92.7 Å². The van der Waals surface area contributed by atoms with Crippen molar-refractivity contribution in [3.63, 3.8) is 0 Å². The molecule has 21 heavy (non-hydrogen) atoms. The smallest absolute Gasteiger partial charge is 0.241 e. The first-order valence-corrected chi connectivity index (χ1v) is 8.20. The highest BCUT2D eigenvalue weighted by atomic mass is 32.2. The summed E-state index contributed by atoms with van der Waals surface area (Å²) in [6.45, 7) is 1.89. The number of rotatable bonds is 5. The molecule has 1 heterocycles. The lowest BCUT2D eigenvalue weighted by Crippen LogP contribution is -2.54. The molecule has 0 unspecified atom stereocenters. The summed E-state index contributed by atoms with van der Waals surface area (Å²) in [7, 11) is -3.80. The van der Waals surface area contributed by atoms with E-state index < -0.39 is 15.6 Å². The monoisotopic (exact) mass is 313 g/mol. The Morgan fingerprint density at radius 2 is 2.05 bits per heavy atom. The third kappa shape index (κ3) is 3.68. The van der Waals surface area contributed by atoms with Crippen LogP contribution in [0.4, 0.5) is 0 Å². The van der Waals surface area contributed by atoms with Crippen molar-refractivity contribution in [3.05, 3.63) is 29.8 Å². The average Bonchev–Trinajstić information content (AvgIpc) is 2.48. The number of hydrogen-bond acceptors (Lipinski definition) is 5. The van der Waals surface area contributed by atoms with Crippen LogP contribution in [0.3, 0.4) is 0 Å². The van der Waals surface area contributed by atoms with E-state index in [9.17, 15) is 18.3 Å². The number of aliphatic hydroxyl groups is 1. The predicted octanol–water partition coefficient (Wildman–Crippen LogP) is 0.709. The Bertz CT molecular complexity index is 620. The second-order valence-electron chi connectivity index (χ2n) is 5.24. The van der Waals surface area contributed by atoms with E-state index in [1.807, 2.05) is 0 Å². The first kappa shape index (κ1) is 16.1. The van der Waals surface area contributed by atoms with Gasteiger partial charge in [0.2, 0.25) is 10.0 Å². The third-order valence-corrected chi connectivity index (χ3v) is 5.23. The number of nitrogens with one attached hydrogen (secondary N) is 1. The fourth-order valence-corrected chi connectivity index (χ4v) is 3.78. The maximum atomic E-state index is 12.5. The Labute approximate surface area is 124 Å². The van der Waals surface area contributed by atoms with Gasteiger partial charge in [-0.2, -0.15) is 0 Å². The molecule has 0 aliphatic carbocycles. The van der Waals surface area contributed by atoms with Gasteiger partial charge < -0.3 is 9.84 Å². The number of carbonyl (C=O) groups is 1. The summed E-state index contributed by atoms with van der Waals surface area (Å²) >= 11 is 0. The molecule has 0 aromatic heterocycles. The van der Waals surface area contributed by atoms with Gasteiger partial charge in [0.15, 0.2) is 5.78 Å². The van der Waals surface area contributed by atoms with Crippen molar-refractivity contribution in [1.29, 1.82) is 0 Å². The standard InChI is InChI=1S/C14H19NO5S/c1-11(17)12-3-2-4-13(9-12)21(18,19)15-14(10-16)5-7-20-8-6-14/h2-4,9,15-16H,5-8,10H2,1H3. The van der Waals surface area contributed by atoms with Crippen LogP contribution >= 0.6 is 0 Å². The maximum Gasteiger partial charge on any atom is 0.241 e. The summed E-state index contributed by atoms with van der Waals surface area (Å²) in [5.74, 6) is -0.199. The van der Waals surface area contributed by atoms with E-state index in [4.69, 9.17) is 4.74 Å². The summed E-state index contributed by atoms with van der Waals surface area (Å²) in [5.41, 5.74) is -0.563. The highest BCUT2D eigenvalue weighted by molar-refractivity contribution is 7.89. The largest absolute Gasteiger partial charge is 0.394 e. The fourth-order valence-electron chi connectivity index (χ4n) is 2.28. The number of benzene rings is 1. The van der Waals surface area contributed by atoms with Crippen molar-refractivity contribution in [1.82, 2.24) is 4.72 Å². The molecule has 1 aromatic rings. The summed E-state index contributed by atoms with van der Waals surface area (Å²) in [5, 5.41) is 9.56. The van der Waals surface area contributed by atoms with Gasteiger partial charge in [-0.25, -0.2) is 13.1 Å². The van der Waals surface area contributed by atoms with Crippen LogP contribution in [-0.4, -0.2) is 44.7 Å². The van der Waals surface area contributed by atoms with Crippen LogP contribution in [0.5, 0.6) is 0 Å². The molecule has 0 saturated carbocycles. The van der Waals surface area contributed by atoms with Crippen LogP contribution in [0.2, 0.25) is 0 Å². The highest BCUT2D eigenvalue weighted by Crippen LogP contribution is 2.23. The molecule has 116 valence electrons. The van der Waals surface area contributed by atoms with E-state index in [1.54, 1.807) is 6.07 Å². The first-order valence-electron chi connectivity index (χ1n) is 6.72. The molecule has 0 spiro atoms. The Balaban J connectivity index is 2.29. The molecule has 2 N–H and O–H groups in total. The maximum absolute atomic E-state index is 12.5. The fraction of sp³-hybridized carbons (Fsp3) is 0.500. The predicted molar refractivity (Wildman–Crippen MR) is 76.6 cm³/mol. The van der Waals surface area contributed by atoms with E-state index in [-0.39, 0.29) is 17.3 Å². The van der Waals surface area contributed by atoms with Crippen LogP contribution in [-0.2, 0) is 14.8 Å². The third-order valence-electron chi connectivity index (χ3n) is 3.65. The van der Waals surface area contributed by atoms with Crippen molar-refractivity contribution >= 4 is 15.8 Å². The Kier molecular flexibility index (Phi) is 4.77. The molecule has 1 aliphatic heterocycles. The van der Waals surface area contributed by atoms with E-state index >= 15 is 0 Å². The molecule has 1 saturated heterocycles. The van der Waals surface area contributed by atoms with Crippen LogP contribution in [0.15, 0.2) is 29.2 Å². The lowest BCUT2D eigenvalue weighted by molar-refractivity contribution is 0.0223. The lowest BCUT2D eigenvalue weighted by Gasteiger charge is -2.35. The zero-order valence-corrected chi connectivity index (χ0v) is 12.6. The van der Waals surface area contributed by atoms with Gasteiger partial charge in [-0.1, -0.05) is 12.1 Å². The molecule has 0 amide bonds. The van der Waals surface area contributed by atoms with Gasteiger partial charge in [0, 0.05) is 18.8 Å². The molecular formula is C14H19NO5S. The van der Waals surface area contributed by atoms with Gasteiger partial charge in [-0.05, 0) is 31.9 Å². The summed E-state index contributed by atoms with van der Waals surface area (Å²) < 4.78 is 32.7. The molecule has 7 heteroatoms. The summed E-state index contributed by atoms with van der Waals surface area (Å²) in [6.07, 6.45) is 0.824. The zero-order valence-electron chi connectivity index (χ0n) is 11.8. The van der Waals surface area contributed by atoms with Gasteiger partial charge in [-0.3, -0.25) is 4.79 Å². The second-order valence-corrected chi connectivity index (χ2v) is 6.92. The number of aliphatic hydroxyl groups excluding tert-OH is 1. The Morgan fingerprint density at radius 1 is 1.38 bits per heavy atom. The van der Waals surface area contributed by atoms with Crippen LogP contribution in [0, 0.1) is 0 Å². The SMILES string of the molecule is CC(=O)c1cccc(S(=O)(=O)NC2(CO)CCOCC2)c1. The Morgan fingerprint density at radius 3 is 2.62 bits per heavy atom. The van der Waals surface area contributed by atoms with Crippen molar-refractivity contribution < 1.29 is 23.1 Å². The molecule has 1 aliphatic rings. The van der Waals surface area contributed by atoms with E-state index in [0.717, 1.165) is 0 Å². The first-order chi connectivity index (χ1) is 9.88. The zero-order chi connectivity index (χ0) is 15.5. The van der Waals surface area contributed by atoms with E-state index in [2.05, 4.69) is 4.72 Å². The minimum Gasteiger partial charge on any atom is -0.394 e. The number of ether oxygens (including phenoxy) is 1. The van der Waals surface area contributed by atoms with Gasteiger partial charge >= 0.3 is 0 Å². The average molecular weight is 313 g/mol. The molecule has 1 aromatic carbocycles. The highest BCUT2D eigenvalue weighted by Gasteiger charge is 2.36. The number of carbonyl (C=O) groups excluding carboxylic acids is 1. The molecule has 6 nitrogen and oxygen atoms in total. The number of sulfonamides is 1. The van der Waals surface area contributed by atoms with Crippen molar-refractivity contribution in [3.8, 4) is 0 Å². The summed E-state index contributed by atoms with van der Waals surface area (Å²) in [6, 6.07) is 5.87. The number of Topliss-reactive ketones (excluding diaryl/α,β-unsaturated/α-hetero) is 1. The molecule has 0 bridgehead atoms. The number of hydrogen-bond donors (Lipinski definition) is 2. The minimum absolute atomic E-state index is 0.0227. The second kappa shape index (κ2) is 6.23. The van der Waals surface area contributed by atoms with Gasteiger partial charge in [0.05, 0.1) is 17.0 Å². The molecule has 1 fully saturated rings. The molecule has 0 atom stereocenters. The van der Waals surface area contributed by atoms with E-state index in [0.29, 0.717) is 31.6 Å². The molecule has 0 radical (unpaired) electrons. The normalized spacial score (nSPS) is 18.4. The quantitative estimate of drug-likeness (QED) is 0.781. The van der Waals surface area contributed by atoms with Crippen molar-refractivity contribution in [2.24, 2.45) is 0 Å². The van der Waals surface area contributed by atoms with Gasteiger partial charge in [0.25, 0.3) is 0 Å². The van der Waals surface area contributed by atoms with Gasteiger partial charge in [0.1, 0.15) is 0 Å². The Hall–Kier alpha value is -1.28. The number of ketones is 1. The lowest BCUT2D eigenvalue weighted by atomic mass is 9.93. The van der Waals surface area contributed by atoms with Crippen molar-refractivity contribution in [2.45, 2.75) is 30.2 Å². The van der Waals surface area contributed by atoms with Crippen LogP contribution in [0.1, 0.15) is 30.1 Å². The molecular weight excluding hydrogens is 294 g/mol. The van der Waals surface area contributed by atoms with Crippen molar-refractivity contribution in [2.75, 3.05) is 19.8 Å². The minimum atomic E-state index is -3.80. The summed E-state index contributed by atoms with van der Waals surface area (Å²) in [4.78, 5) is 11.4. The molecule has 2 rings (SSSR count).